The highest BCUT2D eigenvalue weighted by atomic mass is 35.5. The van der Waals surface area contributed by atoms with Gasteiger partial charge in [0.2, 0.25) is 5.78 Å². The van der Waals surface area contributed by atoms with Crippen molar-refractivity contribution in [1.29, 1.82) is 0 Å². The number of halogens is 1. The molecule has 5 atom stereocenters. The normalized spacial score (nSPS) is 33.7. The number of nitrogens with two attached hydrogens (primary N) is 1. The third-order valence-corrected chi connectivity index (χ3v) is 7.39. The van der Waals surface area contributed by atoms with Gasteiger partial charge in [-0.1, -0.05) is 11.6 Å². The highest BCUT2D eigenvalue weighted by Crippen LogP contribution is 2.58. The molecule has 3 aliphatic rings. The van der Waals surface area contributed by atoms with Crippen LogP contribution in [-0.2, 0) is 20.0 Å². The molecule has 1 saturated carbocycles. The van der Waals surface area contributed by atoms with Crippen LogP contribution in [0, 0.1) is 11.8 Å². The number of carbonyl (C=O) groups is 3. The minimum Gasteiger partial charge on any atom is -0.508 e. The van der Waals surface area contributed by atoms with Crippen molar-refractivity contribution in [2.24, 2.45) is 17.6 Å². The van der Waals surface area contributed by atoms with Crippen molar-refractivity contribution < 1.29 is 39.9 Å². The molecular formula is C22H23ClN2O8. The maximum Gasteiger partial charge on any atom is 0.255 e. The maximum atomic E-state index is 13.7. The summed E-state index contributed by atoms with van der Waals surface area (Å²) in [5.41, 5.74) is -1.10. The third-order valence-electron chi connectivity index (χ3n) is 7.07. The van der Waals surface area contributed by atoms with Gasteiger partial charge in [-0.3, -0.25) is 19.3 Å². The summed E-state index contributed by atoms with van der Waals surface area (Å²) in [7, 11) is 2.97. The molecule has 1 unspecified atom stereocenters. The van der Waals surface area contributed by atoms with Crippen LogP contribution < -0.4 is 5.73 Å². The Morgan fingerprint density at radius 1 is 1.18 bits per heavy atom. The van der Waals surface area contributed by atoms with E-state index in [0.29, 0.717) is 0 Å². The Hall–Kier alpha value is -2.92. The molecule has 4 rings (SSSR count). The zero-order chi connectivity index (χ0) is 24.8. The lowest BCUT2D eigenvalue weighted by Gasteiger charge is -2.53. The number of hydrogen-bond acceptors (Lipinski definition) is 9. The first kappa shape index (κ1) is 23.2. The van der Waals surface area contributed by atoms with Gasteiger partial charge in [0, 0.05) is 28.0 Å². The Labute approximate surface area is 193 Å². The topological polar surface area (TPSA) is 182 Å². The fourth-order valence-electron chi connectivity index (χ4n) is 5.58. The van der Waals surface area contributed by atoms with Crippen LogP contribution in [0.2, 0.25) is 5.02 Å². The summed E-state index contributed by atoms with van der Waals surface area (Å²) in [6.07, 6.45) is -0.259. The van der Waals surface area contributed by atoms with Gasteiger partial charge in [-0.05, 0) is 39.6 Å². The molecule has 3 aliphatic carbocycles. The van der Waals surface area contributed by atoms with E-state index in [4.69, 9.17) is 17.3 Å². The summed E-state index contributed by atoms with van der Waals surface area (Å²) in [4.78, 5) is 40.1. The van der Waals surface area contributed by atoms with E-state index in [1.54, 1.807) is 0 Å². The second-order valence-electron chi connectivity index (χ2n) is 9.08. The molecular weight excluding hydrogens is 456 g/mol. The predicted octanol–water partition coefficient (Wildman–Crippen LogP) is 0.282. The number of fused-ring (bicyclic) bond motifs is 3. The zero-order valence-corrected chi connectivity index (χ0v) is 18.7. The molecule has 0 aliphatic heterocycles. The fourth-order valence-corrected chi connectivity index (χ4v) is 5.93. The number of Topliss-reactive ketones (excluding diaryl/α,β-unsaturated/α-hetero) is 2. The first-order valence-corrected chi connectivity index (χ1v) is 10.5. The molecule has 1 aromatic rings. The number of aliphatic hydroxyl groups excluding tert-OH is 2. The average molecular weight is 479 g/mol. The van der Waals surface area contributed by atoms with Crippen LogP contribution in [-0.4, -0.2) is 73.6 Å². The van der Waals surface area contributed by atoms with Gasteiger partial charge in [-0.2, -0.15) is 0 Å². The monoisotopic (exact) mass is 478 g/mol. The van der Waals surface area contributed by atoms with Crippen LogP contribution in [0.1, 0.15) is 24.5 Å². The molecule has 33 heavy (non-hydrogen) atoms. The van der Waals surface area contributed by atoms with Gasteiger partial charge in [0.15, 0.2) is 11.4 Å². The van der Waals surface area contributed by atoms with Crippen molar-refractivity contribution >= 4 is 34.8 Å². The second kappa shape index (κ2) is 7.04. The third kappa shape index (κ3) is 2.75. The molecule has 0 bridgehead atoms. The van der Waals surface area contributed by atoms with Gasteiger partial charge >= 0.3 is 0 Å². The molecule has 0 spiro atoms. The lowest BCUT2D eigenvalue weighted by Crippen LogP contribution is -2.67. The lowest BCUT2D eigenvalue weighted by molar-refractivity contribution is -0.159. The summed E-state index contributed by atoms with van der Waals surface area (Å²) in [6, 6.07) is 1.24. The maximum absolute atomic E-state index is 13.7. The highest BCUT2D eigenvalue weighted by molar-refractivity contribution is 6.32. The van der Waals surface area contributed by atoms with Gasteiger partial charge in [-0.25, -0.2) is 0 Å². The number of benzene rings is 1. The lowest BCUT2D eigenvalue weighted by atomic mass is 9.54. The molecule has 176 valence electrons. The smallest absolute Gasteiger partial charge is 0.255 e. The Kier molecular flexibility index (Phi) is 4.96. The molecule has 1 aromatic carbocycles. The van der Waals surface area contributed by atoms with Crippen molar-refractivity contribution in [2.45, 2.75) is 30.6 Å². The number of amides is 1. The number of primary amides is 1. The molecule has 11 heteroatoms. The first-order valence-electron chi connectivity index (χ1n) is 10.1. The highest BCUT2D eigenvalue weighted by Gasteiger charge is 2.66. The van der Waals surface area contributed by atoms with Gasteiger partial charge in [-0.15, -0.1) is 0 Å². The van der Waals surface area contributed by atoms with E-state index in [9.17, 15) is 39.9 Å². The second-order valence-corrected chi connectivity index (χ2v) is 9.48. The van der Waals surface area contributed by atoms with E-state index in [0.717, 1.165) is 0 Å². The van der Waals surface area contributed by atoms with Crippen molar-refractivity contribution in [3.63, 3.8) is 0 Å². The van der Waals surface area contributed by atoms with Crippen molar-refractivity contribution in [3.05, 3.63) is 45.2 Å². The van der Waals surface area contributed by atoms with E-state index in [1.165, 1.54) is 38.1 Å². The minimum absolute atomic E-state index is 0.0187. The first-order chi connectivity index (χ1) is 15.2. The summed E-state index contributed by atoms with van der Waals surface area (Å²) >= 11 is 6.28. The summed E-state index contributed by atoms with van der Waals surface area (Å²) < 4.78 is 0. The van der Waals surface area contributed by atoms with E-state index in [-0.39, 0.29) is 22.6 Å². The molecule has 0 saturated heterocycles. The molecule has 0 heterocycles. The number of rotatable bonds is 2. The molecule has 1 fully saturated rings. The number of phenolic OH excluding ortho intramolecular Hbond substituents is 1. The SMILES string of the molecule is CN(C)[C@@H]1C(=O)C(C(N)=O)=C(O)[C@@]2(O)C(=O)C3=C(O)c4c(O)ccc(Cl)c4[C@](C)(O)C3C[C@@H]12. The number of carbonyl (C=O) groups excluding carboxylic acids is 3. The van der Waals surface area contributed by atoms with Crippen LogP contribution in [0.25, 0.3) is 5.76 Å². The summed E-state index contributed by atoms with van der Waals surface area (Å²) in [6.45, 7) is 1.34. The van der Waals surface area contributed by atoms with Crippen molar-refractivity contribution in [1.82, 2.24) is 4.90 Å². The summed E-state index contributed by atoms with van der Waals surface area (Å²) in [5.74, 6) is -8.30. The van der Waals surface area contributed by atoms with E-state index >= 15 is 0 Å². The van der Waals surface area contributed by atoms with E-state index in [2.05, 4.69) is 0 Å². The summed E-state index contributed by atoms with van der Waals surface area (Å²) in [5, 5.41) is 55.2. The predicted molar refractivity (Wildman–Crippen MR) is 115 cm³/mol. The Bertz CT molecular complexity index is 1200. The molecule has 10 nitrogen and oxygen atoms in total. The number of aromatic hydroxyl groups is 1. The largest absolute Gasteiger partial charge is 0.508 e. The van der Waals surface area contributed by atoms with Crippen LogP contribution in [0.3, 0.4) is 0 Å². The molecule has 0 aromatic heterocycles. The van der Waals surface area contributed by atoms with Crippen LogP contribution >= 0.6 is 11.6 Å². The number of likely N-dealkylation sites (N-methyl/N-ethyl adjacent to an activating group) is 1. The quantitative estimate of drug-likeness (QED) is 0.325. The number of nitrogens with zero attached hydrogens (tertiary/aromatic N) is 1. The molecule has 0 radical (unpaired) electrons. The molecule has 7 N–H and O–H groups in total. The van der Waals surface area contributed by atoms with E-state index in [1.807, 2.05) is 0 Å². The van der Waals surface area contributed by atoms with Crippen LogP contribution in [0.15, 0.2) is 29.0 Å². The fraction of sp³-hybridized carbons (Fsp3) is 0.409. The standard InChI is InChI=1S/C22H23ClN2O8/c1-21(32)7-6-8-15(25(2)3)17(28)13(20(24)31)19(30)22(8,33)18(29)11(7)16(27)12-10(26)5-4-9(23)14(12)21/h4-5,7-8,15,26-27,30,32-33H,6H2,1-3H3,(H2,24,31)/t7?,8-,15-,21+,22-/m0/s1. The minimum atomic E-state index is -2.78. The average Bonchev–Trinajstić information content (AvgIpc) is 2.69. The van der Waals surface area contributed by atoms with Crippen molar-refractivity contribution in [2.75, 3.05) is 14.1 Å². The number of phenols is 1. The van der Waals surface area contributed by atoms with Crippen LogP contribution in [0.4, 0.5) is 0 Å². The van der Waals surface area contributed by atoms with Gasteiger partial charge < -0.3 is 31.3 Å². The zero-order valence-electron chi connectivity index (χ0n) is 18.0. The number of ketones is 2. The van der Waals surface area contributed by atoms with E-state index < -0.39 is 75.0 Å². The van der Waals surface area contributed by atoms with Crippen molar-refractivity contribution in [3.8, 4) is 5.75 Å². The molecule has 1 amide bonds. The van der Waals surface area contributed by atoms with Gasteiger partial charge in [0.1, 0.15) is 22.8 Å². The van der Waals surface area contributed by atoms with Crippen LogP contribution in [0.5, 0.6) is 5.75 Å². The Morgan fingerprint density at radius 2 is 1.79 bits per heavy atom. The van der Waals surface area contributed by atoms with Gasteiger partial charge in [0.25, 0.3) is 5.91 Å². The number of hydrogen-bond donors (Lipinski definition) is 6. The number of aliphatic hydroxyl groups is 4. The van der Waals surface area contributed by atoms with Gasteiger partial charge in [0.05, 0.1) is 17.2 Å². The Morgan fingerprint density at radius 3 is 2.33 bits per heavy atom. The Balaban J connectivity index is 2.07.